The van der Waals surface area contributed by atoms with Crippen molar-refractivity contribution < 1.29 is 26.3 Å². The van der Waals surface area contributed by atoms with Gasteiger partial charge in [-0.2, -0.15) is 22.6 Å². The first-order chi connectivity index (χ1) is 12.3. The van der Waals surface area contributed by atoms with Gasteiger partial charge in [0.15, 0.2) is 0 Å². The highest BCUT2D eigenvalue weighted by Gasteiger charge is 2.33. The molecular weight excluding hydrogens is 371 g/mol. The molecule has 2 aromatic rings. The van der Waals surface area contributed by atoms with E-state index in [1.165, 1.54) is 10.5 Å². The van der Waals surface area contributed by atoms with Crippen LogP contribution >= 0.6 is 0 Å². The lowest BCUT2D eigenvalue weighted by atomic mass is 10.1. The van der Waals surface area contributed by atoms with Gasteiger partial charge in [-0.3, -0.25) is 0 Å². The number of hydrogen-bond donors (Lipinski definition) is 0. The highest BCUT2D eigenvalue weighted by atomic mass is 32.2. The van der Waals surface area contributed by atoms with Gasteiger partial charge < -0.3 is 4.74 Å². The molecule has 1 unspecified atom stereocenters. The molecule has 6 nitrogen and oxygen atoms in total. The predicted molar refractivity (Wildman–Crippen MR) is 85.9 cm³/mol. The van der Waals surface area contributed by atoms with Crippen molar-refractivity contribution in [3.05, 3.63) is 48.2 Å². The average molecular weight is 387 g/mol. The third-order valence-electron chi connectivity index (χ3n) is 4.00. The number of benzene rings is 1. The number of ether oxygens (including phenoxy) is 1. The van der Waals surface area contributed by atoms with Crippen LogP contribution in [0, 0.1) is 0 Å². The van der Waals surface area contributed by atoms with Crippen LogP contribution in [-0.4, -0.2) is 42.1 Å². The fourth-order valence-electron chi connectivity index (χ4n) is 2.71. The van der Waals surface area contributed by atoms with Crippen LogP contribution in [0.5, 0.6) is 5.88 Å². The number of hydrogen-bond acceptors (Lipinski definition) is 5. The molecule has 10 heteroatoms. The Kier molecular flexibility index (Phi) is 5.15. The van der Waals surface area contributed by atoms with Gasteiger partial charge in [0, 0.05) is 18.8 Å². The van der Waals surface area contributed by atoms with Gasteiger partial charge >= 0.3 is 6.18 Å². The van der Waals surface area contributed by atoms with Gasteiger partial charge in [0.2, 0.25) is 15.9 Å². The lowest BCUT2D eigenvalue weighted by molar-refractivity contribution is -0.137. The molecule has 0 amide bonds. The van der Waals surface area contributed by atoms with Gasteiger partial charge in [-0.1, -0.05) is 0 Å². The summed E-state index contributed by atoms with van der Waals surface area (Å²) >= 11 is 0. The molecule has 2 heterocycles. The molecule has 0 saturated carbocycles. The van der Waals surface area contributed by atoms with Gasteiger partial charge in [-0.15, -0.1) is 5.10 Å². The van der Waals surface area contributed by atoms with Crippen LogP contribution in [0.3, 0.4) is 0 Å². The van der Waals surface area contributed by atoms with E-state index in [2.05, 4.69) is 10.2 Å². The second kappa shape index (κ2) is 7.20. The van der Waals surface area contributed by atoms with Crippen LogP contribution in [0.25, 0.3) is 0 Å². The molecule has 1 fully saturated rings. The van der Waals surface area contributed by atoms with Crippen molar-refractivity contribution in [3.63, 3.8) is 0 Å². The molecule has 3 rings (SSSR count). The molecule has 0 bridgehead atoms. The minimum Gasteiger partial charge on any atom is -0.472 e. The molecule has 0 aliphatic carbocycles. The zero-order chi connectivity index (χ0) is 18.8. The summed E-state index contributed by atoms with van der Waals surface area (Å²) in [6.07, 6.45) is -2.19. The third kappa shape index (κ3) is 4.13. The van der Waals surface area contributed by atoms with Crippen molar-refractivity contribution >= 4 is 10.0 Å². The van der Waals surface area contributed by atoms with E-state index >= 15 is 0 Å². The Labute approximate surface area is 148 Å². The van der Waals surface area contributed by atoms with Crippen LogP contribution < -0.4 is 4.74 Å². The number of rotatable bonds is 4. The molecule has 140 valence electrons. The summed E-state index contributed by atoms with van der Waals surface area (Å²) < 4.78 is 70.2. The third-order valence-corrected chi connectivity index (χ3v) is 5.87. The number of piperidine rings is 1. The lowest BCUT2D eigenvalue weighted by Crippen LogP contribution is -2.44. The minimum atomic E-state index is -4.51. The Morgan fingerprint density at radius 2 is 1.88 bits per heavy atom. The number of nitrogens with zero attached hydrogens (tertiary/aromatic N) is 3. The molecular formula is C16H16F3N3O3S. The van der Waals surface area contributed by atoms with Crippen LogP contribution in [0.1, 0.15) is 18.4 Å². The van der Waals surface area contributed by atoms with E-state index < -0.39 is 27.9 Å². The molecule has 1 aromatic heterocycles. The molecule has 0 spiro atoms. The van der Waals surface area contributed by atoms with Crippen molar-refractivity contribution in [2.24, 2.45) is 0 Å². The van der Waals surface area contributed by atoms with Gasteiger partial charge in [-0.05, 0) is 43.2 Å². The molecule has 1 aliphatic heterocycles. The SMILES string of the molecule is O=S(=O)(c1ccc(C(F)(F)F)cc1)N1CCCC(Oc2cccnn2)C1. The van der Waals surface area contributed by atoms with E-state index in [1.807, 2.05) is 0 Å². The molecule has 0 radical (unpaired) electrons. The highest BCUT2D eigenvalue weighted by molar-refractivity contribution is 7.89. The topological polar surface area (TPSA) is 72.4 Å². The Bertz CT molecular complexity index is 843. The summed E-state index contributed by atoms with van der Waals surface area (Å²) in [5, 5.41) is 7.50. The van der Waals surface area contributed by atoms with Crippen LogP contribution in [0.2, 0.25) is 0 Å². The Morgan fingerprint density at radius 3 is 2.50 bits per heavy atom. The standard InChI is InChI=1S/C16H16F3N3O3S/c17-16(18,19)12-5-7-14(8-6-12)26(23,24)22-10-2-3-13(11-22)25-15-4-1-9-20-21-15/h1,4-9,13H,2-3,10-11H2. The number of halogens is 3. The maximum atomic E-state index is 12.7. The summed E-state index contributed by atoms with van der Waals surface area (Å²) in [5.41, 5.74) is -0.890. The minimum absolute atomic E-state index is 0.0972. The van der Waals surface area contributed by atoms with Crippen molar-refractivity contribution in [3.8, 4) is 5.88 Å². The first-order valence-corrected chi connectivity index (χ1v) is 9.32. The number of alkyl halides is 3. The Hall–Kier alpha value is -2.20. The zero-order valence-corrected chi connectivity index (χ0v) is 14.4. The summed E-state index contributed by atoms with van der Waals surface area (Å²) in [7, 11) is -3.90. The van der Waals surface area contributed by atoms with Crippen molar-refractivity contribution in [1.29, 1.82) is 0 Å². The summed E-state index contributed by atoms with van der Waals surface area (Å²) in [4.78, 5) is -0.175. The van der Waals surface area contributed by atoms with Crippen molar-refractivity contribution in [1.82, 2.24) is 14.5 Å². The highest BCUT2D eigenvalue weighted by Crippen LogP contribution is 2.30. The van der Waals surface area contributed by atoms with Crippen LogP contribution in [0.4, 0.5) is 13.2 Å². The monoisotopic (exact) mass is 387 g/mol. The van der Waals surface area contributed by atoms with Crippen LogP contribution in [0.15, 0.2) is 47.5 Å². The molecule has 0 N–H and O–H groups in total. The fraction of sp³-hybridized carbons (Fsp3) is 0.375. The Morgan fingerprint density at radius 1 is 1.15 bits per heavy atom. The predicted octanol–water partition coefficient (Wildman–Crippen LogP) is 2.73. The lowest BCUT2D eigenvalue weighted by Gasteiger charge is -2.31. The van der Waals surface area contributed by atoms with E-state index in [-0.39, 0.29) is 18.0 Å². The van der Waals surface area contributed by atoms with Crippen LogP contribution in [-0.2, 0) is 16.2 Å². The smallest absolute Gasteiger partial charge is 0.416 e. The molecule has 1 aliphatic rings. The summed E-state index contributed by atoms with van der Waals surface area (Å²) in [6.45, 7) is 0.379. The number of aromatic nitrogens is 2. The van der Waals surface area contributed by atoms with Gasteiger partial charge in [0.1, 0.15) is 6.10 Å². The van der Waals surface area contributed by atoms with Gasteiger partial charge in [-0.25, -0.2) is 8.42 Å². The maximum absolute atomic E-state index is 12.7. The largest absolute Gasteiger partial charge is 0.472 e. The normalized spacial score (nSPS) is 19.3. The average Bonchev–Trinajstić information content (AvgIpc) is 2.62. The maximum Gasteiger partial charge on any atom is 0.416 e. The van der Waals surface area contributed by atoms with E-state index in [4.69, 9.17) is 4.74 Å². The van der Waals surface area contributed by atoms with Gasteiger partial charge in [0.25, 0.3) is 0 Å². The number of sulfonamides is 1. The zero-order valence-electron chi connectivity index (χ0n) is 13.6. The fourth-order valence-corrected chi connectivity index (χ4v) is 4.22. The summed E-state index contributed by atoms with van der Waals surface area (Å²) in [6, 6.07) is 6.77. The second-order valence-electron chi connectivity index (χ2n) is 5.83. The molecule has 1 saturated heterocycles. The first-order valence-electron chi connectivity index (χ1n) is 7.88. The first kappa shape index (κ1) is 18.6. The van der Waals surface area contributed by atoms with Crippen molar-refractivity contribution in [2.75, 3.05) is 13.1 Å². The Balaban J connectivity index is 1.74. The second-order valence-corrected chi connectivity index (χ2v) is 7.77. The van der Waals surface area contributed by atoms with E-state index in [0.717, 1.165) is 24.3 Å². The van der Waals surface area contributed by atoms with E-state index in [9.17, 15) is 21.6 Å². The van der Waals surface area contributed by atoms with Gasteiger partial charge in [0.05, 0.1) is 17.0 Å². The van der Waals surface area contributed by atoms with Crippen molar-refractivity contribution in [2.45, 2.75) is 30.0 Å². The quantitative estimate of drug-likeness (QED) is 0.807. The summed E-state index contributed by atoms with van der Waals surface area (Å²) in [5.74, 6) is 0.297. The molecule has 26 heavy (non-hydrogen) atoms. The molecule has 1 atom stereocenters. The van der Waals surface area contributed by atoms with E-state index in [1.54, 1.807) is 12.1 Å². The van der Waals surface area contributed by atoms with E-state index in [0.29, 0.717) is 18.7 Å². The molecule has 1 aromatic carbocycles.